The van der Waals surface area contributed by atoms with E-state index < -0.39 is 6.09 Å². The average molecular weight is 473 g/mol. The number of carboxylic acid groups (broad SMARTS) is 1. The van der Waals surface area contributed by atoms with Crippen molar-refractivity contribution in [2.75, 3.05) is 18.4 Å². The van der Waals surface area contributed by atoms with Gasteiger partial charge >= 0.3 is 6.09 Å². The van der Waals surface area contributed by atoms with Gasteiger partial charge in [-0.25, -0.2) is 19.4 Å². The first-order valence-electron chi connectivity index (χ1n) is 11.3. The minimum Gasteiger partial charge on any atom is -0.465 e. The molecule has 1 fully saturated rings. The fourth-order valence-corrected chi connectivity index (χ4v) is 4.26. The molecule has 0 radical (unpaired) electrons. The van der Waals surface area contributed by atoms with Gasteiger partial charge in [0, 0.05) is 42.7 Å². The molecule has 1 saturated heterocycles. The zero-order valence-corrected chi connectivity index (χ0v) is 19.3. The summed E-state index contributed by atoms with van der Waals surface area (Å²) < 4.78 is 3.33. The van der Waals surface area contributed by atoms with Crippen LogP contribution in [0.15, 0.2) is 36.9 Å². The number of nitrogens with zero attached hydrogens (tertiary/aromatic N) is 9. The Morgan fingerprint density at radius 3 is 2.71 bits per heavy atom. The fourth-order valence-electron chi connectivity index (χ4n) is 4.26. The number of nitrogens with one attached hydrogen (secondary N) is 1. The molecule has 1 aliphatic rings. The number of likely N-dealkylation sites (tertiary alicyclic amines) is 1. The van der Waals surface area contributed by atoms with Crippen molar-refractivity contribution in [2.24, 2.45) is 0 Å². The lowest BCUT2D eigenvalue weighted by atomic mass is 9.94. The van der Waals surface area contributed by atoms with E-state index in [1.807, 2.05) is 26.1 Å². The first kappa shape index (κ1) is 22.3. The summed E-state index contributed by atoms with van der Waals surface area (Å²) in [6.07, 6.45) is 7.32. The molecule has 4 aromatic rings. The quantitative estimate of drug-likeness (QED) is 0.447. The van der Waals surface area contributed by atoms with Crippen molar-refractivity contribution in [1.29, 1.82) is 5.26 Å². The van der Waals surface area contributed by atoms with Gasteiger partial charge in [0.25, 0.3) is 0 Å². The van der Waals surface area contributed by atoms with Crippen molar-refractivity contribution < 1.29 is 9.90 Å². The van der Waals surface area contributed by atoms with E-state index in [1.54, 1.807) is 27.8 Å². The van der Waals surface area contributed by atoms with Gasteiger partial charge < -0.3 is 15.3 Å². The van der Waals surface area contributed by atoms with Crippen LogP contribution < -0.4 is 5.32 Å². The molecule has 0 aromatic carbocycles. The van der Waals surface area contributed by atoms with Crippen molar-refractivity contribution in [1.82, 2.24) is 39.6 Å². The standard InChI is InChI=1S/C23H24N10O2/c1-14(2)28-18-8-21(33-22-17(11-27-33)7-15(9-24)10-26-22)25-12-20(18)32-13-19(29-30-32)16-3-5-31(6-4-16)23(34)35/h7-8,10-14,16H,3-6H2,1-2H3,(H,25,28)(H,34,35). The highest BCUT2D eigenvalue weighted by molar-refractivity contribution is 5.77. The zero-order chi connectivity index (χ0) is 24.5. The number of piperidine rings is 1. The van der Waals surface area contributed by atoms with Crippen LogP contribution in [-0.4, -0.2) is 70.0 Å². The van der Waals surface area contributed by atoms with Crippen LogP contribution in [0.2, 0.25) is 0 Å². The van der Waals surface area contributed by atoms with Crippen molar-refractivity contribution in [2.45, 2.75) is 38.6 Å². The number of amides is 1. The summed E-state index contributed by atoms with van der Waals surface area (Å²) >= 11 is 0. The van der Waals surface area contributed by atoms with Gasteiger partial charge in [-0.05, 0) is 32.8 Å². The Morgan fingerprint density at radius 1 is 1.20 bits per heavy atom. The first-order valence-corrected chi connectivity index (χ1v) is 11.3. The van der Waals surface area contributed by atoms with Gasteiger partial charge in [0.15, 0.2) is 11.5 Å². The SMILES string of the molecule is CC(C)Nc1cc(-n2ncc3cc(C#N)cnc32)ncc1-n1cc(C2CCN(C(=O)O)CC2)nn1. The van der Waals surface area contributed by atoms with Crippen LogP contribution in [0.5, 0.6) is 0 Å². The largest absolute Gasteiger partial charge is 0.465 e. The molecule has 0 aliphatic carbocycles. The molecule has 178 valence electrons. The van der Waals surface area contributed by atoms with E-state index in [2.05, 4.69) is 36.8 Å². The van der Waals surface area contributed by atoms with E-state index in [-0.39, 0.29) is 12.0 Å². The van der Waals surface area contributed by atoms with Crippen molar-refractivity contribution in [3.8, 4) is 17.6 Å². The Hall–Kier alpha value is -4.53. The maximum atomic E-state index is 11.2. The van der Waals surface area contributed by atoms with Crippen LogP contribution in [0.25, 0.3) is 22.5 Å². The van der Waals surface area contributed by atoms with Crippen molar-refractivity contribution >= 4 is 22.8 Å². The molecule has 0 atom stereocenters. The van der Waals surface area contributed by atoms with E-state index in [1.165, 1.54) is 11.1 Å². The van der Waals surface area contributed by atoms with Crippen molar-refractivity contribution in [3.63, 3.8) is 0 Å². The molecule has 1 aliphatic heterocycles. The van der Waals surface area contributed by atoms with Gasteiger partial charge in [-0.3, -0.25) is 0 Å². The second-order valence-electron chi connectivity index (χ2n) is 8.80. The number of hydrogen-bond donors (Lipinski definition) is 2. The number of rotatable bonds is 5. The predicted molar refractivity (Wildman–Crippen MR) is 127 cm³/mol. The third kappa shape index (κ3) is 4.35. The molecule has 5 heterocycles. The molecule has 0 bridgehead atoms. The van der Waals surface area contributed by atoms with Gasteiger partial charge in [-0.15, -0.1) is 5.10 Å². The number of fused-ring (bicyclic) bond motifs is 1. The molecule has 4 aromatic heterocycles. The number of aromatic nitrogens is 7. The molecule has 2 N–H and O–H groups in total. The number of hydrogen-bond acceptors (Lipinski definition) is 8. The second kappa shape index (κ2) is 9.02. The monoisotopic (exact) mass is 472 g/mol. The molecule has 0 spiro atoms. The molecular weight excluding hydrogens is 448 g/mol. The van der Waals surface area contributed by atoms with E-state index in [0.717, 1.165) is 22.5 Å². The van der Waals surface area contributed by atoms with E-state index >= 15 is 0 Å². The van der Waals surface area contributed by atoms with Crippen molar-refractivity contribution in [3.05, 3.63) is 48.2 Å². The summed E-state index contributed by atoms with van der Waals surface area (Å²) in [5, 5.41) is 35.6. The van der Waals surface area contributed by atoms with Crippen LogP contribution in [0.1, 0.15) is 43.9 Å². The molecule has 0 saturated carbocycles. The maximum absolute atomic E-state index is 11.2. The lowest BCUT2D eigenvalue weighted by molar-refractivity contribution is 0.131. The molecule has 35 heavy (non-hydrogen) atoms. The number of carbonyl (C=O) groups is 1. The molecule has 12 nitrogen and oxygen atoms in total. The lowest BCUT2D eigenvalue weighted by Gasteiger charge is -2.28. The highest BCUT2D eigenvalue weighted by Crippen LogP contribution is 2.29. The van der Waals surface area contributed by atoms with E-state index in [4.69, 9.17) is 5.26 Å². The average Bonchev–Trinajstić information content (AvgIpc) is 3.51. The van der Waals surface area contributed by atoms with Crippen LogP contribution in [0, 0.1) is 11.3 Å². The third-order valence-electron chi connectivity index (χ3n) is 6.01. The van der Waals surface area contributed by atoms with Gasteiger partial charge in [-0.2, -0.15) is 15.0 Å². The minimum absolute atomic E-state index is 0.151. The second-order valence-corrected chi connectivity index (χ2v) is 8.80. The highest BCUT2D eigenvalue weighted by Gasteiger charge is 2.26. The highest BCUT2D eigenvalue weighted by atomic mass is 16.4. The third-order valence-corrected chi connectivity index (χ3v) is 6.01. The van der Waals surface area contributed by atoms with Gasteiger partial charge in [-0.1, -0.05) is 5.21 Å². The number of anilines is 1. The Balaban J connectivity index is 1.46. The summed E-state index contributed by atoms with van der Waals surface area (Å²) in [6, 6.07) is 5.86. The molecule has 0 unspecified atom stereocenters. The van der Waals surface area contributed by atoms with E-state index in [0.29, 0.717) is 43.0 Å². The maximum Gasteiger partial charge on any atom is 0.407 e. The number of nitriles is 1. The lowest BCUT2D eigenvalue weighted by Crippen LogP contribution is -2.36. The molecule has 1 amide bonds. The Labute approximate surface area is 200 Å². The van der Waals surface area contributed by atoms with Gasteiger partial charge in [0.05, 0.1) is 35.5 Å². The zero-order valence-electron chi connectivity index (χ0n) is 19.3. The fraction of sp³-hybridized carbons (Fsp3) is 0.348. The summed E-state index contributed by atoms with van der Waals surface area (Å²) in [7, 11) is 0. The Morgan fingerprint density at radius 2 is 2.00 bits per heavy atom. The summed E-state index contributed by atoms with van der Waals surface area (Å²) in [6.45, 7) is 5.07. The first-order chi connectivity index (χ1) is 16.9. The van der Waals surface area contributed by atoms with Crippen LogP contribution in [0.3, 0.4) is 0 Å². The normalized spacial score (nSPS) is 14.4. The Bertz CT molecular complexity index is 1430. The molecule has 12 heteroatoms. The minimum atomic E-state index is -0.881. The van der Waals surface area contributed by atoms with Crippen LogP contribution in [0.4, 0.5) is 10.5 Å². The van der Waals surface area contributed by atoms with Crippen LogP contribution in [-0.2, 0) is 0 Å². The summed E-state index contributed by atoms with van der Waals surface area (Å²) in [5.41, 5.74) is 3.46. The summed E-state index contributed by atoms with van der Waals surface area (Å²) in [4.78, 5) is 21.6. The Kier molecular flexibility index (Phi) is 5.74. The van der Waals surface area contributed by atoms with E-state index in [9.17, 15) is 9.90 Å². The van der Waals surface area contributed by atoms with Gasteiger partial charge in [0.2, 0.25) is 0 Å². The number of pyridine rings is 2. The summed E-state index contributed by atoms with van der Waals surface area (Å²) in [5.74, 6) is 0.735. The molecule has 5 rings (SSSR count). The van der Waals surface area contributed by atoms with Gasteiger partial charge in [0.1, 0.15) is 11.8 Å². The predicted octanol–water partition coefficient (Wildman–Crippen LogP) is 2.95. The molecular formula is C23H24N10O2. The smallest absolute Gasteiger partial charge is 0.407 e. The topological polar surface area (TPSA) is 151 Å². The van der Waals surface area contributed by atoms with Crippen LogP contribution >= 0.6 is 0 Å².